The molecule has 2 unspecified atom stereocenters. The molecule has 1 aromatic carbocycles. The zero-order valence-corrected chi connectivity index (χ0v) is 14.2. The lowest BCUT2D eigenvalue weighted by Crippen LogP contribution is -2.35. The molecular formula is C19H31NO. The fourth-order valence-electron chi connectivity index (χ4n) is 3.69. The Kier molecular flexibility index (Phi) is 6.10. The molecule has 1 N–H and O–H groups in total. The molecule has 2 nitrogen and oxygen atoms in total. The zero-order valence-electron chi connectivity index (χ0n) is 14.2. The molecule has 0 spiro atoms. The van der Waals surface area contributed by atoms with Gasteiger partial charge in [-0.15, -0.1) is 0 Å². The molecule has 1 aliphatic carbocycles. The Labute approximate surface area is 130 Å². The van der Waals surface area contributed by atoms with Crippen LogP contribution in [0.25, 0.3) is 0 Å². The van der Waals surface area contributed by atoms with E-state index in [4.69, 9.17) is 4.74 Å². The number of benzene rings is 1. The average Bonchev–Trinajstić information content (AvgIpc) is 2.72. The molecule has 0 bridgehead atoms. The maximum absolute atomic E-state index is 5.47. The van der Waals surface area contributed by atoms with E-state index in [1.54, 1.807) is 7.11 Å². The normalized spacial score (nSPS) is 22.9. The molecule has 2 heteroatoms. The summed E-state index contributed by atoms with van der Waals surface area (Å²) in [4.78, 5) is 0. The van der Waals surface area contributed by atoms with Crippen molar-refractivity contribution in [3.63, 3.8) is 0 Å². The van der Waals surface area contributed by atoms with Crippen molar-refractivity contribution in [3.05, 3.63) is 28.8 Å². The molecular weight excluding hydrogens is 258 g/mol. The van der Waals surface area contributed by atoms with Crippen molar-refractivity contribution in [3.8, 4) is 5.75 Å². The standard InChI is InChI=1S/C19H31NO/c1-5-11-20-18-10-8-6-7-9-16(18)17-12-15(3)19(21-4)13-14(17)2/h12-13,16,18,20H,5-11H2,1-4H3. The Balaban J connectivity index is 2.28. The summed E-state index contributed by atoms with van der Waals surface area (Å²) < 4.78 is 5.47. The van der Waals surface area contributed by atoms with Crippen LogP contribution in [0, 0.1) is 13.8 Å². The lowest BCUT2D eigenvalue weighted by molar-refractivity contribution is 0.403. The van der Waals surface area contributed by atoms with Crippen LogP contribution in [0.5, 0.6) is 5.75 Å². The Bertz CT molecular complexity index is 455. The van der Waals surface area contributed by atoms with Crippen molar-refractivity contribution in [2.45, 2.75) is 71.3 Å². The Morgan fingerprint density at radius 3 is 2.57 bits per heavy atom. The number of aryl methyl sites for hydroxylation is 2. The van der Waals surface area contributed by atoms with Gasteiger partial charge in [-0.1, -0.05) is 32.3 Å². The average molecular weight is 289 g/mol. The highest BCUT2D eigenvalue weighted by atomic mass is 16.5. The number of methoxy groups -OCH3 is 1. The van der Waals surface area contributed by atoms with Gasteiger partial charge < -0.3 is 10.1 Å². The number of hydrogen-bond acceptors (Lipinski definition) is 2. The Morgan fingerprint density at radius 1 is 1.10 bits per heavy atom. The molecule has 1 saturated carbocycles. The van der Waals surface area contributed by atoms with Crippen molar-refractivity contribution >= 4 is 0 Å². The molecule has 2 rings (SSSR count). The molecule has 1 fully saturated rings. The second-order valence-electron chi connectivity index (χ2n) is 6.48. The number of hydrogen-bond donors (Lipinski definition) is 1. The largest absolute Gasteiger partial charge is 0.496 e. The molecule has 0 radical (unpaired) electrons. The van der Waals surface area contributed by atoms with Crippen LogP contribution in [-0.2, 0) is 0 Å². The highest BCUT2D eigenvalue weighted by molar-refractivity contribution is 5.43. The highest BCUT2D eigenvalue weighted by Crippen LogP contribution is 2.36. The second-order valence-corrected chi connectivity index (χ2v) is 6.48. The minimum atomic E-state index is 0.638. The molecule has 0 amide bonds. The van der Waals surface area contributed by atoms with Crippen LogP contribution < -0.4 is 10.1 Å². The first-order chi connectivity index (χ1) is 10.2. The van der Waals surface area contributed by atoms with Crippen molar-refractivity contribution in [2.24, 2.45) is 0 Å². The molecule has 0 saturated heterocycles. The molecule has 2 atom stereocenters. The Hall–Kier alpha value is -1.02. The lowest BCUT2D eigenvalue weighted by Gasteiger charge is -2.28. The first-order valence-corrected chi connectivity index (χ1v) is 8.55. The Morgan fingerprint density at radius 2 is 1.86 bits per heavy atom. The van der Waals surface area contributed by atoms with Crippen molar-refractivity contribution in [2.75, 3.05) is 13.7 Å². The summed E-state index contributed by atoms with van der Waals surface area (Å²) in [6, 6.07) is 5.22. The maximum Gasteiger partial charge on any atom is 0.122 e. The van der Waals surface area contributed by atoms with E-state index >= 15 is 0 Å². The van der Waals surface area contributed by atoms with Gasteiger partial charge in [0.15, 0.2) is 0 Å². The number of rotatable bonds is 5. The summed E-state index contributed by atoms with van der Waals surface area (Å²) >= 11 is 0. The summed E-state index contributed by atoms with van der Waals surface area (Å²) in [5.41, 5.74) is 4.17. The number of nitrogens with one attached hydrogen (secondary N) is 1. The molecule has 0 aromatic heterocycles. The van der Waals surface area contributed by atoms with Crippen LogP contribution in [0.3, 0.4) is 0 Å². The van der Waals surface area contributed by atoms with Crippen LogP contribution in [0.1, 0.15) is 68.1 Å². The fourth-order valence-corrected chi connectivity index (χ4v) is 3.69. The van der Waals surface area contributed by atoms with Crippen molar-refractivity contribution in [1.29, 1.82) is 0 Å². The molecule has 0 heterocycles. The third kappa shape index (κ3) is 4.00. The first-order valence-electron chi connectivity index (χ1n) is 8.55. The summed E-state index contributed by atoms with van der Waals surface area (Å²) in [6.45, 7) is 7.78. The maximum atomic E-state index is 5.47. The SMILES string of the molecule is CCCNC1CCCCCC1c1cc(C)c(OC)cc1C. The van der Waals surface area contributed by atoms with Gasteiger partial charge in [0.1, 0.15) is 5.75 Å². The van der Waals surface area contributed by atoms with Crippen molar-refractivity contribution in [1.82, 2.24) is 5.32 Å². The molecule has 1 aliphatic rings. The molecule has 21 heavy (non-hydrogen) atoms. The predicted molar refractivity (Wildman–Crippen MR) is 90.4 cm³/mol. The third-order valence-electron chi connectivity index (χ3n) is 4.86. The smallest absolute Gasteiger partial charge is 0.122 e. The van der Waals surface area contributed by atoms with E-state index < -0.39 is 0 Å². The summed E-state index contributed by atoms with van der Waals surface area (Å²) in [5, 5.41) is 3.80. The van der Waals surface area contributed by atoms with E-state index in [0.717, 1.165) is 12.3 Å². The highest BCUT2D eigenvalue weighted by Gasteiger charge is 2.26. The summed E-state index contributed by atoms with van der Waals surface area (Å²) in [6.07, 6.45) is 7.95. The van der Waals surface area contributed by atoms with Crippen LogP contribution in [0.2, 0.25) is 0 Å². The van der Waals surface area contributed by atoms with Crippen LogP contribution >= 0.6 is 0 Å². The third-order valence-corrected chi connectivity index (χ3v) is 4.86. The van der Waals surface area contributed by atoms with Crippen LogP contribution in [0.4, 0.5) is 0 Å². The lowest BCUT2D eigenvalue weighted by atomic mass is 9.84. The van der Waals surface area contributed by atoms with E-state index in [0.29, 0.717) is 12.0 Å². The minimum absolute atomic E-state index is 0.638. The second kappa shape index (κ2) is 7.84. The number of ether oxygens (including phenoxy) is 1. The van der Waals surface area contributed by atoms with Crippen LogP contribution in [-0.4, -0.2) is 19.7 Å². The molecule has 0 aliphatic heterocycles. The predicted octanol–water partition coefficient (Wildman–Crippen LogP) is 4.73. The first kappa shape index (κ1) is 16.4. The minimum Gasteiger partial charge on any atom is -0.496 e. The van der Waals surface area contributed by atoms with E-state index in [2.05, 4.69) is 38.2 Å². The van der Waals surface area contributed by atoms with Crippen LogP contribution in [0.15, 0.2) is 12.1 Å². The zero-order chi connectivity index (χ0) is 15.2. The van der Waals surface area contributed by atoms with Gasteiger partial charge >= 0.3 is 0 Å². The van der Waals surface area contributed by atoms with Gasteiger partial charge in [0, 0.05) is 6.04 Å². The van der Waals surface area contributed by atoms with Gasteiger partial charge in [-0.2, -0.15) is 0 Å². The molecule has 118 valence electrons. The quantitative estimate of drug-likeness (QED) is 0.791. The van der Waals surface area contributed by atoms with E-state index in [1.807, 2.05) is 0 Å². The molecule has 1 aromatic rings. The topological polar surface area (TPSA) is 21.3 Å². The van der Waals surface area contributed by atoms with Crippen molar-refractivity contribution < 1.29 is 4.74 Å². The van der Waals surface area contributed by atoms with Gasteiger partial charge in [-0.25, -0.2) is 0 Å². The van der Waals surface area contributed by atoms with Gasteiger partial charge in [0.2, 0.25) is 0 Å². The monoisotopic (exact) mass is 289 g/mol. The van der Waals surface area contributed by atoms with Gasteiger partial charge in [-0.05, 0) is 68.3 Å². The van der Waals surface area contributed by atoms with E-state index in [9.17, 15) is 0 Å². The summed E-state index contributed by atoms with van der Waals surface area (Å²) in [7, 11) is 1.76. The van der Waals surface area contributed by atoms with E-state index in [1.165, 1.54) is 55.2 Å². The van der Waals surface area contributed by atoms with Gasteiger partial charge in [-0.3, -0.25) is 0 Å². The fraction of sp³-hybridized carbons (Fsp3) is 0.684. The van der Waals surface area contributed by atoms with E-state index in [-0.39, 0.29) is 0 Å². The van der Waals surface area contributed by atoms with Gasteiger partial charge in [0.05, 0.1) is 7.11 Å². The summed E-state index contributed by atoms with van der Waals surface area (Å²) in [5.74, 6) is 1.67. The van der Waals surface area contributed by atoms with Gasteiger partial charge in [0.25, 0.3) is 0 Å².